The van der Waals surface area contributed by atoms with Crippen LogP contribution in [0.25, 0.3) is 0 Å². The summed E-state index contributed by atoms with van der Waals surface area (Å²) in [5, 5.41) is 8.93. The molecule has 0 amide bonds. The Bertz CT molecular complexity index is 216. The quantitative estimate of drug-likeness (QED) is 0.736. The molecule has 15 heavy (non-hydrogen) atoms. The van der Waals surface area contributed by atoms with Crippen molar-refractivity contribution in [3.05, 3.63) is 0 Å². The van der Waals surface area contributed by atoms with Crippen LogP contribution in [0.3, 0.4) is 0 Å². The molecule has 0 aromatic heterocycles. The number of rotatable bonds is 5. The van der Waals surface area contributed by atoms with E-state index in [0.717, 1.165) is 25.7 Å². The van der Waals surface area contributed by atoms with E-state index in [1.54, 1.807) is 0 Å². The molecule has 1 aliphatic carbocycles. The van der Waals surface area contributed by atoms with Crippen LogP contribution in [0.15, 0.2) is 0 Å². The number of hydrogen-bond acceptors (Lipinski definition) is 2. The Morgan fingerprint density at radius 2 is 1.80 bits per heavy atom. The Kier molecular flexibility index (Phi) is 4.14. The van der Waals surface area contributed by atoms with E-state index in [1.807, 2.05) is 0 Å². The van der Waals surface area contributed by atoms with E-state index < -0.39 is 5.97 Å². The van der Waals surface area contributed by atoms with E-state index in [0.29, 0.717) is 18.4 Å². The molecular weight excluding hydrogens is 190 g/mol. The summed E-state index contributed by atoms with van der Waals surface area (Å²) in [4.78, 5) is 10.9. The van der Waals surface area contributed by atoms with Crippen LogP contribution >= 0.6 is 0 Å². The number of carboxylic acids is 1. The predicted molar refractivity (Wildman–Crippen MR) is 60.5 cm³/mol. The molecule has 1 aliphatic rings. The van der Waals surface area contributed by atoms with E-state index in [2.05, 4.69) is 13.8 Å². The average Bonchev–Trinajstić information content (AvgIpc) is 2.56. The van der Waals surface area contributed by atoms with Gasteiger partial charge >= 0.3 is 5.97 Å². The molecule has 0 aromatic rings. The molecule has 1 saturated carbocycles. The van der Waals surface area contributed by atoms with Gasteiger partial charge in [0.2, 0.25) is 0 Å². The highest BCUT2D eigenvalue weighted by Crippen LogP contribution is 2.49. The monoisotopic (exact) mass is 213 g/mol. The van der Waals surface area contributed by atoms with E-state index in [4.69, 9.17) is 10.8 Å². The third kappa shape index (κ3) is 2.71. The van der Waals surface area contributed by atoms with Crippen molar-refractivity contribution in [3.63, 3.8) is 0 Å². The summed E-state index contributed by atoms with van der Waals surface area (Å²) < 4.78 is 0. The molecule has 1 rings (SSSR count). The van der Waals surface area contributed by atoms with Crippen LogP contribution in [0.5, 0.6) is 0 Å². The van der Waals surface area contributed by atoms with Crippen molar-refractivity contribution < 1.29 is 9.90 Å². The van der Waals surface area contributed by atoms with Gasteiger partial charge in [0.05, 0.1) is 6.42 Å². The summed E-state index contributed by atoms with van der Waals surface area (Å²) in [6, 6.07) is 0. The molecule has 88 valence electrons. The van der Waals surface area contributed by atoms with Crippen LogP contribution in [0.1, 0.15) is 46.0 Å². The van der Waals surface area contributed by atoms with E-state index in [9.17, 15) is 4.79 Å². The molecular formula is C12H23NO2. The summed E-state index contributed by atoms with van der Waals surface area (Å²) in [5.74, 6) is 0.655. The van der Waals surface area contributed by atoms with Crippen LogP contribution in [0.4, 0.5) is 0 Å². The van der Waals surface area contributed by atoms with Crippen molar-refractivity contribution in [3.8, 4) is 0 Å². The second kappa shape index (κ2) is 4.97. The number of nitrogens with two attached hydrogens (primary N) is 1. The van der Waals surface area contributed by atoms with Gasteiger partial charge in [-0.1, -0.05) is 26.7 Å². The Hall–Kier alpha value is -0.570. The normalized spacial score (nSPS) is 35.7. The van der Waals surface area contributed by atoms with Gasteiger partial charge in [0.25, 0.3) is 0 Å². The summed E-state index contributed by atoms with van der Waals surface area (Å²) >= 11 is 0. The number of carbonyl (C=O) groups is 1. The molecule has 2 unspecified atom stereocenters. The van der Waals surface area contributed by atoms with Gasteiger partial charge in [0.15, 0.2) is 0 Å². The minimum absolute atomic E-state index is 0.118. The molecule has 3 nitrogen and oxygen atoms in total. The van der Waals surface area contributed by atoms with E-state index >= 15 is 0 Å². The molecule has 0 radical (unpaired) electrons. The van der Waals surface area contributed by atoms with Gasteiger partial charge in [-0.05, 0) is 36.6 Å². The van der Waals surface area contributed by atoms with Crippen molar-refractivity contribution in [1.29, 1.82) is 0 Å². The lowest BCUT2D eigenvalue weighted by atomic mass is 9.81. The van der Waals surface area contributed by atoms with Crippen molar-refractivity contribution in [2.45, 2.75) is 46.0 Å². The van der Waals surface area contributed by atoms with Crippen LogP contribution in [-0.4, -0.2) is 17.6 Å². The van der Waals surface area contributed by atoms with Crippen LogP contribution in [0, 0.1) is 17.3 Å². The van der Waals surface area contributed by atoms with Gasteiger partial charge in [0.1, 0.15) is 0 Å². The number of aliphatic carboxylic acids is 1. The molecule has 0 saturated heterocycles. The lowest BCUT2D eigenvalue weighted by Crippen LogP contribution is -2.30. The first kappa shape index (κ1) is 12.5. The SMILES string of the molecule is CCC1CC(CN)(CC(=O)O)CC1CC. The molecule has 3 heteroatoms. The third-order valence-corrected chi connectivity index (χ3v) is 4.07. The molecule has 3 N–H and O–H groups in total. The van der Waals surface area contributed by atoms with Crippen molar-refractivity contribution in [2.24, 2.45) is 23.0 Å². The first-order valence-electron chi connectivity index (χ1n) is 5.98. The lowest BCUT2D eigenvalue weighted by Gasteiger charge is -2.25. The zero-order chi connectivity index (χ0) is 11.5. The second-order valence-electron chi connectivity index (χ2n) is 5.02. The predicted octanol–water partition coefficient (Wildman–Crippen LogP) is 2.25. The standard InChI is InChI=1S/C12H23NO2/c1-3-9-5-12(8-13,7-11(14)15)6-10(9)4-2/h9-10H,3-8,13H2,1-2H3,(H,14,15). The lowest BCUT2D eigenvalue weighted by molar-refractivity contribution is -0.139. The maximum Gasteiger partial charge on any atom is 0.303 e. The fourth-order valence-corrected chi connectivity index (χ4v) is 3.19. The fraction of sp³-hybridized carbons (Fsp3) is 0.917. The van der Waals surface area contributed by atoms with E-state index in [-0.39, 0.29) is 11.8 Å². The van der Waals surface area contributed by atoms with Gasteiger partial charge in [-0.25, -0.2) is 0 Å². The smallest absolute Gasteiger partial charge is 0.303 e. The summed E-state index contributed by atoms with van der Waals surface area (Å²) in [7, 11) is 0. The summed E-state index contributed by atoms with van der Waals surface area (Å²) in [6.07, 6.45) is 4.56. The van der Waals surface area contributed by atoms with Gasteiger partial charge < -0.3 is 10.8 Å². The van der Waals surface area contributed by atoms with Crippen LogP contribution in [-0.2, 0) is 4.79 Å². The Labute approximate surface area is 92.0 Å². The van der Waals surface area contributed by atoms with Gasteiger partial charge in [-0.2, -0.15) is 0 Å². The molecule has 1 fully saturated rings. The Morgan fingerprint density at radius 3 is 2.07 bits per heavy atom. The van der Waals surface area contributed by atoms with Crippen LogP contribution < -0.4 is 5.73 Å². The number of carboxylic acid groups (broad SMARTS) is 1. The van der Waals surface area contributed by atoms with Crippen LogP contribution in [0.2, 0.25) is 0 Å². The van der Waals surface area contributed by atoms with Gasteiger partial charge in [0, 0.05) is 0 Å². The molecule has 0 bridgehead atoms. The topological polar surface area (TPSA) is 63.3 Å². The Balaban J connectivity index is 2.72. The first-order valence-corrected chi connectivity index (χ1v) is 5.98. The van der Waals surface area contributed by atoms with Gasteiger partial charge in [-0.15, -0.1) is 0 Å². The van der Waals surface area contributed by atoms with Gasteiger partial charge in [-0.3, -0.25) is 4.79 Å². The first-order chi connectivity index (χ1) is 7.06. The summed E-state index contributed by atoms with van der Waals surface area (Å²) in [6.45, 7) is 4.91. The minimum Gasteiger partial charge on any atom is -0.481 e. The maximum absolute atomic E-state index is 10.9. The Morgan fingerprint density at radius 1 is 1.33 bits per heavy atom. The molecule has 0 aliphatic heterocycles. The average molecular weight is 213 g/mol. The number of hydrogen-bond donors (Lipinski definition) is 2. The van der Waals surface area contributed by atoms with Crippen molar-refractivity contribution in [2.75, 3.05) is 6.54 Å². The van der Waals surface area contributed by atoms with E-state index in [1.165, 1.54) is 0 Å². The molecule has 0 aromatic carbocycles. The van der Waals surface area contributed by atoms with Crippen molar-refractivity contribution in [1.82, 2.24) is 0 Å². The molecule has 2 atom stereocenters. The third-order valence-electron chi connectivity index (χ3n) is 4.07. The molecule has 0 heterocycles. The highest BCUT2D eigenvalue weighted by Gasteiger charge is 2.43. The second-order valence-corrected chi connectivity index (χ2v) is 5.02. The zero-order valence-corrected chi connectivity index (χ0v) is 9.83. The maximum atomic E-state index is 10.9. The highest BCUT2D eigenvalue weighted by molar-refractivity contribution is 5.67. The minimum atomic E-state index is -0.702. The fourth-order valence-electron chi connectivity index (χ4n) is 3.19. The summed E-state index contributed by atoms with van der Waals surface area (Å²) in [5.41, 5.74) is 5.67. The largest absolute Gasteiger partial charge is 0.481 e. The van der Waals surface area contributed by atoms with Crippen molar-refractivity contribution >= 4 is 5.97 Å². The molecule has 0 spiro atoms. The zero-order valence-electron chi connectivity index (χ0n) is 9.83. The highest BCUT2D eigenvalue weighted by atomic mass is 16.4.